The molecule has 4 N–H and O–H groups in total. The number of carbonyl (C=O) groups excluding carboxylic acids is 2. The van der Waals surface area contributed by atoms with Crippen LogP contribution in [-0.4, -0.2) is 62.3 Å². The van der Waals surface area contributed by atoms with E-state index in [2.05, 4.69) is 22.1 Å². The van der Waals surface area contributed by atoms with Crippen molar-refractivity contribution < 1.29 is 34.0 Å². The van der Waals surface area contributed by atoms with Crippen molar-refractivity contribution in [1.29, 1.82) is 0 Å². The van der Waals surface area contributed by atoms with Gasteiger partial charge in [-0.3, -0.25) is 19.1 Å². The van der Waals surface area contributed by atoms with E-state index in [1.54, 1.807) is 45.9 Å². The molecule has 2 aromatic rings. The third kappa shape index (κ3) is 8.04. The second-order valence-corrected chi connectivity index (χ2v) is 9.83. The Morgan fingerprint density at radius 3 is 2.68 bits per heavy atom. The van der Waals surface area contributed by atoms with Crippen LogP contribution >= 0.6 is 0 Å². The predicted octanol–water partition coefficient (Wildman–Crippen LogP) is 0.786. The van der Waals surface area contributed by atoms with E-state index in [-0.39, 0.29) is 24.2 Å². The largest absolute Gasteiger partial charge is 0.444 e. The minimum atomic E-state index is -0.958. The lowest BCUT2D eigenvalue weighted by molar-refractivity contribution is -0.134. The summed E-state index contributed by atoms with van der Waals surface area (Å²) in [5.41, 5.74) is -1.70. The molecule has 1 amide bonds. The Bertz CT molecular complexity index is 1350. The van der Waals surface area contributed by atoms with Crippen LogP contribution in [0.1, 0.15) is 57.9 Å². The molecule has 12 nitrogen and oxygen atoms in total. The highest BCUT2D eigenvalue weighted by Gasteiger charge is 2.35. The average molecular weight is 530 g/mol. The number of hydrogen-bond acceptors (Lipinski definition) is 9. The molecule has 1 aliphatic rings. The van der Waals surface area contributed by atoms with Crippen molar-refractivity contribution in [3.8, 4) is 17.6 Å². The molecule has 38 heavy (non-hydrogen) atoms. The molecule has 1 aliphatic heterocycles. The molecule has 0 bridgehead atoms. The maximum absolute atomic E-state index is 12.3. The lowest BCUT2D eigenvalue weighted by atomic mass is 10.2. The van der Waals surface area contributed by atoms with E-state index < -0.39 is 60.0 Å². The molecule has 12 heteroatoms. The Labute approximate surface area is 218 Å². The van der Waals surface area contributed by atoms with Crippen molar-refractivity contribution in [2.45, 2.75) is 70.6 Å². The molecule has 0 spiro atoms. The van der Waals surface area contributed by atoms with Gasteiger partial charge in [0.05, 0.1) is 19.1 Å². The van der Waals surface area contributed by atoms with E-state index in [1.165, 1.54) is 12.3 Å². The van der Waals surface area contributed by atoms with E-state index in [4.69, 9.17) is 14.2 Å². The van der Waals surface area contributed by atoms with Crippen molar-refractivity contribution in [1.82, 2.24) is 14.9 Å². The van der Waals surface area contributed by atoms with Gasteiger partial charge in [-0.1, -0.05) is 17.9 Å². The summed E-state index contributed by atoms with van der Waals surface area (Å²) in [6.45, 7) is 6.43. The van der Waals surface area contributed by atoms with E-state index in [0.29, 0.717) is 5.56 Å². The van der Waals surface area contributed by atoms with Crippen molar-refractivity contribution in [3.63, 3.8) is 0 Å². The van der Waals surface area contributed by atoms with E-state index >= 15 is 0 Å². The fraction of sp³-hybridized carbons (Fsp3) is 0.462. The third-order valence-electron chi connectivity index (χ3n) is 5.31. The van der Waals surface area contributed by atoms with Crippen LogP contribution < -0.4 is 21.3 Å². The number of aromatic amines is 1. The number of aliphatic hydroxyl groups excluding tert-OH is 2. The number of esters is 1. The summed E-state index contributed by atoms with van der Waals surface area (Å²) in [4.78, 5) is 50.9. The number of amides is 1. The van der Waals surface area contributed by atoms with Gasteiger partial charge < -0.3 is 29.7 Å². The summed E-state index contributed by atoms with van der Waals surface area (Å²) in [6, 6.07) is 5.79. The number of aromatic nitrogens is 2. The first-order valence-electron chi connectivity index (χ1n) is 12.0. The summed E-state index contributed by atoms with van der Waals surface area (Å²) in [5, 5.41) is 21.8. The Kier molecular flexibility index (Phi) is 9.11. The first kappa shape index (κ1) is 28.6. The fourth-order valence-electron chi connectivity index (χ4n) is 3.60. The number of aliphatic hydroxyl groups is 2. The molecule has 4 atom stereocenters. The van der Waals surface area contributed by atoms with Crippen LogP contribution in [0.15, 0.2) is 40.1 Å². The molecular weight excluding hydrogens is 498 g/mol. The quantitative estimate of drug-likeness (QED) is 0.240. The maximum Gasteiger partial charge on any atom is 0.407 e. The standard InChI is InChI=1S/C26H31N3O9/c1-15(27-25(35)38-26(2,3)4)10-22(32)36-18-7-5-6-16(11-18)8-9-17-13-29(24(34)28-23(17)33)21-12-19(31)20(14-30)37-21/h5-7,11,13,15,19-21,30-31H,10,12,14H2,1-4H3,(H,27,35)(H,28,33,34). The van der Waals surface area contributed by atoms with Crippen molar-refractivity contribution in [3.05, 3.63) is 62.4 Å². The maximum atomic E-state index is 12.3. The normalized spacial score (nSPS) is 19.7. The second kappa shape index (κ2) is 12.1. The Morgan fingerprint density at radius 1 is 1.29 bits per heavy atom. The number of hydrogen-bond donors (Lipinski definition) is 4. The van der Waals surface area contributed by atoms with Gasteiger partial charge in [0.15, 0.2) is 0 Å². The van der Waals surface area contributed by atoms with Crippen LogP contribution in [0.3, 0.4) is 0 Å². The Balaban J connectivity index is 1.68. The van der Waals surface area contributed by atoms with Gasteiger partial charge in [0, 0.05) is 24.2 Å². The molecule has 0 aliphatic carbocycles. The monoisotopic (exact) mass is 529 g/mol. The van der Waals surface area contributed by atoms with Crippen LogP contribution in [0.25, 0.3) is 0 Å². The first-order chi connectivity index (χ1) is 17.8. The Hall–Kier alpha value is -3.92. The minimum absolute atomic E-state index is 0.0282. The second-order valence-electron chi connectivity index (χ2n) is 9.83. The highest BCUT2D eigenvalue weighted by Crippen LogP contribution is 2.27. The van der Waals surface area contributed by atoms with E-state index in [0.717, 1.165) is 4.57 Å². The summed E-state index contributed by atoms with van der Waals surface area (Å²) in [6.07, 6.45) is -2.12. The zero-order valence-electron chi connectivity index (χ0n) is 21.5. The van der Waals surface area contributed by atoms with Crippen LogP contribution in [0, 0.1) is 11.8 Å². The molecule has 0 saturated carbocycles. The average Bonchev–Trinajstić information content (AvgIpc) is 3.17. The molecule has 3 rings (SSSR count). The SMILES string of the molecule is CC(CC(=O)Oc1cccc(C#Cc2cn(C3CC(O)C(CO)O3)c(=O)[nH]c2=O)c1)NC(=O)OC(C)(C)C. The van der Waals surface area contributed by atoms with Crippen LogP contribution in [0.2, 0.25) is 0 Å². The smallest absolute Gasteiger partial charge is 0.407 e. The summed E-state index contributed by atoms with van der Waals surface area (Å²) < 4.78 is 17.1. The predicted molar refractivity (Wildman–Crippen MR) is 134 cm³/mol. The molecule has 204 valence electrons. The van der Waals surface area contributed by atoms with Crippen molar-refractivity contribution >= 4 is 12.1 Å². The summed E-state index contributed by atoms with van der Waals surface area (Å²) >= 11 is 0. The number of nitrogens with zero attached hydrogens (tertiary/aromatic N) is 1. The number of rotatable bonds is 6. The van der Waals surface area contributed by atoms with Gasteiger partial charge in [0.2, 0.25) is 0 Å². The molecule has 0 radical (unpaired) electrons. The van der Waals surface area contributed by atoms with Gasteiger partial charge in [0.1, 0.15) is 29.2 Å². The fourth-order valence-corrected chi connectivity index (χ4v) is 3.60. The van der Waals surface area contributed by atoms with Crippen molar-refractivity contribution in [2.24, 2.45) is 0 Å². The van der Waals surface area contributed by atoms with Gasteiger partial charge >= 0.3 is 17.8 Å². The third-order valence-corrected chi connectivity index (χ3v) is 5.31. The molecular formula is C26H31N3O9. The minimum Gasteiger partial charge on any atom is -0.444 e. The topological polar surface area (TPSA) is 169 Å². The van der Waals surface area contributed by atoms with E-state index in [1.807, 2.05) is 0 Å². The highest BCUT2D eigenvalue weighted by molar-refractivity contribution is 5.75. The zero-order chi connectivity index (χ0) is 28.0. The van der Waals surface area contributed by atoms with Gasteiger partial charge in [0.25, 0.3) is 5.56 Å². The zero-order valence-corrected chi connectivity index (χ0v) is 21.5. The number of ether oxygens (including phenoxy) is 3. The van der Waals surface area contributed by atoms with Crippen LogP contribution in [0.4, 0.5) is 4.79 Å². The lowest BCUT2D eigenvalue weighted by Gasteiger charge is -2.21. The molecule has 1 saturated heterocycles. The number of H-pyrrole nitrogens is 1. The van der Waals surface area contributed by atoms with Crippen molar-refractivity contribution in [2.75, 3.05) is 6.61 Å². The first-order valence-corrected chi connectivity index (χ1v) is 12.0. The lowest BCUT2D eigenvalue weighted by Crippen LogP contribution is -2.39. The molecule has 1 aromatic heterocycles. The van der Waals surface area contributed by atoms with Gasteiger partial charge in [-0.05, 0) is 45.9 Å². The van der Waals surface area contributed by atoms with Crippen LogP contribution in [-0.2, 0) is 14.3 Å². The Morgan fingerprint density at radius 2 is 2.03 bits per heavy atom. The molecule has 1 aromatic carbocycles. The van der Waals surface area contributed by atoms with E-state index in [9.17, 15) is 29.4 Å². The van der Waals surface area contributed by atoms with Crippen LogP contribution in [0.5, 0.6) is 5.75 Å². The summed E-state index contributed by atoms with van der Waals surface area (Å²) in [7, 11) is 0. The molecule has 4 unspecified atom stereocenters. The number of nitrogens with one attached hydrogen (secondary N) is 2. The highest BCUT2D eigenvalue weighted by atomic mass is 16.6. The van der Waals surface area contributed by atoms with Gasteiger partial charge in [-0.25, -0.2) is 9.59 Å². The summed E-state index contributed by atoms with van der Waals surface area (Å²) in [5.74, 6) is 5.11. The molecule has 1 fully saturated rings. The number of benzene rings is 1. The molecule has 2 heterocycles. The van der Waals surface area contributed by atoms with Gasteiger partial charge in [-0.15, -0.1) is 0 Å². The number of alkyl carbamates (subject to hydrolysis) is 1. The van der Waals surface area contributed by atoms with Gasteiger partial charge in [-0.2, -0.15) is 0 Å². The number of carbonyl (C=O) groups is 2.